The summed E-state index contributed by atoms with van der Waals surface area (Å²) >= 11 is 1.82. The molecular weight excluding hydrogens is 240 g/mol. The Morgan fingerprint density at radius 2 is 1.89 bits per heavy atom. The molecule has 2 N–H and O–H groups in total. The van der Waals surface area contributed by atoms with Crippen molar-refractivity contribution in [2.45, 2.75) is 43.8 Å². The smallest absolute Gasteiger partial charge is 0.0378 e. The van der Waals surface area contributed by atoms with Gasteiger partial charge in [0, 0.05) is 28.5 Å². The maximum atomic E-state index is 6.14. The molecule has 18 heavy (non-hydrogen) atoms. The Labute approximate surface area is 111 Å². The Morgan fingerprint density at radius 3 is 2.67 bits per heavy atom. The van der Waals surface area contributed by atoms with Crippen LogP contribution in [0.4, 0.5) is 5.69 Å². The number of anilines is 1. The second kappa shape index (κ2) is 3.97. The van der Waals surface area contributed by atoms with Gasteiger partial charge in [-0.25, -0.2) is 0 Å². The molecule has 4 rings (SSSR count). The summed E-state index contributed by atoms with van der Waals surface area (Å²) in [5.74, 6) is 0. The molecule has 3 heterocycles. The van der Waals surface area contributed by atoms with Gasteiger partial charge in [0.25, 0.3) is 0 Å². The van der Waals surface area contributed by atoms with Gasteiger partial charge >= 0.3 is 0 Å². The summed E-state index contributed by atoms with van der Waals surface area (Å²) in [4.78, 5) is 2.64. The third kappa shape index (κ3) is 1.57. The third-order valence-corrected chi connectivity index (χ3v) is 5.40. The van der Waals surface area contributed by atoms with Gasteiger partial charge in [-0.2, -0.15) is 0 Å². The summed E-state index contributed by atoms with van der Waals surface area (Å²) in [6.07, 6.45) is 4.97. The normalized spacial score (nSPS) is 31.2. The van der Waals surface area contributed by atoms with Crippen molar-refractivity contribution in [3.05, 3.63) is 29.6 Å². The zero-order chi connectivity index (χ0) is 12.1. The van der Waals surface area contributed by atoms with Crippen molar-refractivity contribution in [2.24, 2.45) is 5.73 Å². The summed E-state index contributed by atoms with van der Waals surface area (Å²) in [5.41, 5.74) is 7.55. The number of piperidine rings is 1. The molecule has 2 fully saturated rings. The summed E-state index contributed by atoms with van der Waals surface area (Å²) in [5, 5.41) is 3.56. The van der Waals surface area contributed by atoms with Crippen molar-refractivity contribution in [3.63, 3.8) is 0 Å². The van der Waals surface area contributed by atoms with E-state index in [4.69, 9.17) is 5.73 Å². The molecular formula is C15H18N2S. The molecule has 0 amide bonds. The number of nitrogens with zero attached hydrogens (tertiary/aromatic N) is 1. The number of rotatable bonds is 1. The van der Waals surface area contributed by atoms with E-state index in [2.05, 4.69) is 34.5 Å². The molecule has 2 nitrogen and oxygen atoms in total. The average Bonchev–Trinajstić information content (AvgIpc) is 2.91. The zero-order valence-electron chi connectivity index (χ0n) is 10.4. The molecule has 94 valence electrons. The number of nitrogens with two attached hydrogens (primary N) is 1. The first-order chi connectivity index (χ1) is 8.81. The van der Waals surface area contributed by atoms with Gasteiger partial charge in [-0.3, -0.25) is 0 Å². The largest absolute Gasteiger partial charge is 0.365 e. The summed E-state index contributed by atoms with van der Waals surface area (Å²) in [6, 6.07) is 10.9. The quantitative estimate of drug-likeness (QED) is 0.850. The van der Waals surface area contributed by atoms with Gasteiger partial charge in [-0.15, -0.1) is 11.3 Å². The zero-order valence-corrected chi connectivity index (χ0v) is 11.2. The minimum atomic E-state index is 0.420. The van der Waals surface area contributed by atoms with Crippen molar-refractivity contribution in [2.75, 3.05) is 4.90 Å². The standard InChI is InChI=1S/C15H18N2S/c16-11-8-13-1-2-14(9-11)17(13)12-3-4-15-10(7-12)5-6-18-15/h3-7,11,13-14H,1-2,8-9,16H2. The Balaban J connectivity index is 1.74. The first-order valence-electron chi connectivity index (χ1n) is 6.82. The van der Waals surface area contributed by atoms with Crippen LogP contribution in [-0.2, 0) is 0 Å². The highest BCUT2D eigenvalue weighted by molar-refractivity contribution is 7.17. The first kappa shape index (κ1) is 10.8. The van der Waals surface area contributed by atoms with Crippen LogP contribution in [-0.4, -0.2) is 18.1 Å². The van der Waals surface area contributed by atoms with Crippen molar-refractivity contribution >= 4 is 27.1 Å². The van der Waals surface area contributed by atoms with Crippen LogP contribution in [0.15, 0.2) is 29.6 Å². The monoisotopic (exact) mass is 258 g/mol. The number of thiophene rings is 1. The van der Waals surface area contributed by atoms with Crippen molar-refractivity contribution < 1.29 is 0 Å². The van der Waals surface area contributed by atoms with E-state index in [-0.39, 0.29) is 0 Å². The highest BCUT2D eigenvalue weighted by Gasteiger charge is 2.39. The topological polar surface area (TPSA) is 29.3 Å². The fourth-order valence-corrected chi connectivity index (χ4v) is 4.53. The average molecular weight is 258 g/mol. The lowest BCUT2D eigenvalue weighted by molar-refractivity contribution is 0.415. The van der Waals surface area contributed by atoms with Crippen LogP contribution >= 0.6 is 11.3 Å². The molecule has 2 aliphatic heterocycles. The predicted molar refractivity (Wildman–Crippen MR) is 78.3 cm³/mol. The second-order valence-electron chi connectivity index (χ2n) is 5.67. The molecule has 0 radical (unpaired) electrons. The van der Waals surface area contributed by atoms with E-state index in [0.29, 0.717) is 18.1 Å². The van der Waals surface area contributed by atoms with Crippen LogP contribution in [0, 0.1) is 0 Å². The molecule has 0 spiro atoms. The Hall–Kier alpha value is -1.06. The maximum absolute atomic E-state index is 6.14. The lowest BCUT2D eigenvalue weighted by Gasteiger charge is -2.39. The van der Waals surface area contributed by atoms with Gasteiger partial charge < -0.3 is 10.6 Å². The van der Waals surface area contributed by atoms with E-state index < -0.39 is 0 Å². The van der Waals surface area contributed by atoms with Crippen molar-refractivity contribution in [1.82, 2.24) is 0 Å². The minimum absolute atomic E-state index is 0.420. The lowest BCUT2D eigenvalue weighted by atomic mass is 9.97. The van der Waals surface area contributed by atoms with Crippen LogP contribution in [0.1, 0.15) is 25.7 Å². The van der Waals surface area contributed by atoms with E-state index >= 15 is 0 Å². The van der Waals surface area contributed by atoms with E-state index in [9.17, 15) is 0 Å². The van der Waals surface area contributed by atoms with E-state index in [0.717, 1.165) is 12.8 Å². The van der Waals surface area contributed by atoms with Gasteiger partial charge in [0.05, 0.1) is 0 Å². The second-order valence-corrected chi connectivity index (χ2v) is 6.61. The van der Waals surface area contributed by atoms with E-state index in [1.807, 2.05) is 11.3 Å². The number of hydrogen-bond acceptors (Lipinski definition) is 3. The molecule has 1 aromatic carbocycles. The molecule has 3 heteroatoms. The highest BCUT2D eigenvalue weighted by atomic mass is 32.1. The minimum Gasteiger partial charge on any atom is -0.365 e. The van der Waals surface area contributed by atoms with Gasteiger partial charge in [-0.1, -0.05) is 0 Å². The Kier molecular flexibility index (Phi) is 2.39. The van der Waals surface area contributed by atoms with Gasteiger partial charge in [0.15, 0.2) is 0 Å². The third-order valence-electron chi connectivity index (χ3n) is 4.50. The molecule has 1 aromatic heterocycles. The maximum Gasteiger partial charge on any atom is 0.0378 e. The molecule has 2 unspecified atom stereocenters. The summed E-state index contributed by atoms with van der Waals surface area (Å²) < 4.78 is 1.39. The Morgan fingerprint density at radius 1 is 1.11 bits per heavy atom. The highest BCUT2D eigenvalue weighted by Crippen LogP contribution is 2.40. The first-order valence-corrected chi connectivity index (χ1v) is 7.70. The fraction of sp³-hybridized carbons (Fsp3) is 0.467. The van der Waals surface area contributed by atoms with Crippen molar-refractivity contribution in [3.8, 4) is 0 Å². The van der Waals surface area contributed by atoms with Crippen LogP contribution in [0.25, 0.3) is 10.1 Å². The van der Waals surface area contributed by atoms with Crippen molar-refractivity contribution in [1.29, 1.82) is 0 Å². The number of fused-ring (bicyclic) bond motifs is 3. The number of hydrogen-bond donors (Lipinski definition) is 1. The summed E-state index contributed by atoms with van der Waals surface area (Å²) in [7, 11) is 0. The summed E-state index contributed by atoms with van der Waals surface area (Å²) in [6.45, 7) is 0. The van der Waals surface area contributed by atoms with Crippen LogP contribution in [0.5, 0.6) is 0 Å². The molecule has 2 atom stereocenters. The Bertz CT molecular complexity index is 563. The fourth-order valence-electron chi connectivity index (χ4n) is 3.76. The number of benzene rings is 1. The molecule has 2 saturated heterocycles. The molecule has 2 aromatic rings. The van der Waals surface area contributed by atoms with Crippen LogP contribution in [0.3, 0.4) is 0 Å². The van der Waals surface area contributed by atoms with Gasteiger partial charge in [0.1, 0.15) is 0 Å². The predicted octanol–water partition coefficient (Wildman–Crippen LogP) is 3.36. The molecule has 0 saturated carbocycles. The van der Waals surface area contributed by atoms with Gasteiger partial charge in [-0.05, 0) is 60.7 Å². The van der Waals surface area contributed by atoms with E-state index in [1.165, 1.54) is 28.6 Å². The SMILES string of the molecule is NC1CC2CCC(C1)N2c1ccc2sccc2c1. The van der Waals surface area contributed by atoms with Crippen LogP contribution in [0.2, 0.25) is 0 Å². The lowest BCUT2D eigenvalue weighted by Crippen LogP contribution is -2.47. The molecule has 2 aliphatic rings. The van der Waals surface area contributed by atoms with Gasteiger partial charge in [0.2, 0.25) is 0 Å². The molecule has 2 bridgehead atoms. The van der Waals surface area contributed by atoms with E-state index in [1.54, 1.807) is 0 Å². The van der Waals surface area contributed by atoms with Crippen LogP contribution < -0.4 is 10.6 Å². The molecule has 0 aliphatic carbocycles.